The number of anilines is 1. The predicted octanol–water partition coefficient (Wildman–Crippen LogP) is 4.07. The smallest absolute Gasteiger partial charge is 0.278 e. The second-order valence-corrected chi connectivity index (χ2v) is 9.71. The van der Waals surface area contributed by atoms with Gasteiger partial charge in [-0.25, -0.2) is 17.2 Å². The zero-order valence-electron chi connectivity index (χ0n) is 18.3. The number of carbonyl (C=O) groups excluding carboxylic acids is 2. The number of ether oxygens (including phenoxy) is 1. The molecule has 0 saturated carbocycles. The lowest BCUT2D eigenvalue weighted by atomic mass is 10.1. The molecule has 4 rings (SSSR count). The van der Waals surface area contributed by atoms with Crippen molar-refractivity contribution in [3.63, 3.8) is 0 Å². The van der Waals surface area contributed by atoms with Crippen LogP contribution in [0.1, 0.15) is 26.3 Å². The molecule has 2 amide bonds. The predicted molar refractivity (Wildman–Crippen MR) is 128 cm³/mol. The van der Waals surface area contributed by atoms with E-state index in [0.29, 0.717) is 0 Å². The minimum Gasteiger partial charge on any atom is -0.468 e. The Morgan fingerprint density at radius 2 is 1.46 bits per heavy atom. The first-order valence-corrected chi connectivity index (χ1v) is 12.2. The van der Waals surface area contributed by atoms with Crippen LogP contribution in [0.5, 0.6) is 0 Å². The maximum Gasteiger partial charge on any atom is 0.278 e. The zero-order chi connectivity index (χ0) is 25.3. The Hall–Kier alpha value is -3.70. The highest BCUT2D eigenvalue weighted by molar-refractivity contribution is 7.95. The molecule has 0 N–H and O–H groups in total. The molecule has 0 atom stereocenters. The molecular formula is C24H18F2N2O5S2. The Balaban J connectivity index is 1.60. The lowest BCUT2D eigenvalue weighted by Gasteiger charge is -2.25. The molecule has 0 fully saturated rings. The molecule has 7 nitrogen and oxygen atoms in total. The van der Waals surface area contributed by atoms with Crippen LogP contribution in [0, 0.1) is 18.6 Å². The van der Waals surface area contributed by atoms with E-state index in [1.165, 1.54) is 36.4 Å². The topological polar surface area (TPSA) is 84.0 Å². The molecule has 3 aromatic carbocycles. The lowest BCUT2D eigenvalue weighted by Crippen LogP contribution is -2.40. The van der Waals surface area contributed by atoms with Crippen molar-refractivity contribution in [3.05, 3.63) is 95.1 Å². The van der Waals surface area contributed by atoms with Crippen LogP contribution in [0.4, 0.5) is 14.5 Å². The summed E-state index contributed by atoms with van der Waals surface area (Å²) in [6, 6.07) is 14.7. The van der Waals surface area contributed by atoms with Crippen LogP contribution >= 0.6 is 12.2 Å². The van der Waals surface area contributed by atoms with Gasteiger partial charge in [0.25, 0.3) is 27.0 Å². The van der Waals surface area contributed by atoms with Crippen LogP contribution in [0.3, 0.4) is 0 Å². The van der Waals surface area contributed by atoms with Crippen LogP contribution in [0.2, 0.25) is 0 Å². The van der Waals surface area contributed by atoms with Gasteiger partial charge in [0.05, 0.1) is 22.6 Å². The number of carbonyl (C=O) groups is 2. The molecule has 0 unspecified atom stereocenters. The molecule has 35 heavy (non-hydrogen) atoms. The Bertz CT molecular complexity index is 1390. The number of thiocarbonyl (C=S) groups is 1. The first kappa shape index (κ1) is 24.4. The first-order chi connectivity index (χ1) is 16.6. The monoisotopic (exact) mass is 516 g/mol. The summed E-state index contributed by atoms with van der Waals surface area (Å²) in [5.41, 5.74) is 0.306. The molecule has 0 bridgehead atoms. The fourth-order valence-corrected chi connectivity index (χ4v) is 5.36. The summed E-state index contributed by atoms with van der Waals surface area (Å²) in [6.07, 6.45) is 0. The molecule has 0 spiro atoms. The second-order valence-electron chi connectivity index (χ2n) is 7.57. The van der Waals surface area contributed by atoms with E-state index in [1.54, 1.807) is 19.1 Å². The van der Waals surface area contributed by atoms with Gasteiger partial charge in [-0.15, -0.1) is 0 Å². The highest BCUT2D eigenvalue weighted by Crippen LogP contribution is 2.30. The number of sulfonamides is 1. The van der Waals surface area contributed by atoms with Crippen LogP contribution < -0.4 is 4.31 Å². The normalized spacial score (nSPS) is 13.1. The van der Waals surface area contributed by atoms with Gasteiger partial charge in [0.15, 0.2) is 11.6 Å². The van der Waals surface area contributed by atoms with Crippen molar-refractivity contribution in [1.82, 2.24) is 4.90 Å². The van der Waals surface area contributed by atoms with Gasteiger partial charge in [0.2, 0.25) is 0 Å². The summed E-state index contributed by atoms with van der Waals surface area (Å²) in [6.45, 7) is 1.09. The molecule has 1 aliphatic rings. The number of hydrogen-bond donors (Lipinski definition) is 0. The standard InChI is InChI=1S/C24H18F2N2O5S2/c1-15-9-11-16(12-10-15)35(31,32)28(21-19(25)7-4-8-20(21)26)24(34)33-14-13-27-22(29)17-5-2-3-6-18(17)23(27)30/h2-12H,13-14H2,1H3. The molecule has 180 valence electrons. The van der Waals surface area contributed by atoms with Crippen molar-refractivity contribution in [2.45, 2.75) is 11.8 Å². The fourth-order valence-electron chi connectivity index (χ4n) is 3.53. The molecule has 0 aliphatic carbocycles. The third-order valence-corrected chi connectivity index (χ3v) is 7.40. The van der Waals surface area contributed by atoms with E-state index >= 15 is 0 Å². The molecule has 1 heterocycles. The number of halogens is 2. The van der Waals surface area contributed by atoms with Crippen molar-refractivity contribution < 1.29 is 31.5 Å². The van der Waals surface area contributed by atoms with Crippen LogP contribution in [0.15, 0.2) is 71.6 Å². The Morgan fingerprint density at radius 1 is 0.914 bits per heavy atom. The van der Waals surface area contributed by atoms with E-state index in [2.05, 4.69) is 0 Å². The molecule has 0 saturated heterocycles. The van der Waals surface area contributed by atoms with E-state index in [0.717, 1.165) is 28.7 Å². The third-order valence-electron chi connectivity index (χ3n) is 5.28. The van der Waals surface area contributed by atoms with Gasteiger partial charge in [0.1, 0.15) is 12.3 Å². The maximum atomic E-state index is 14.6. The number of aryl methyl sites for hydroxylation is 1. The molecule has 0 radical (unpaired) electrons. The van der Waals surface area contributed by atoms with E-state index in [4.69, 9.17) is 17.0 Å². The minimum atomic E-state index is -4.59. The Kier molecular flexibility index (Phi) is 6.64. The number of fused-ring (bicyclic) bond motifs is 1. The summed E-state index contributed by atoms with van der Waals surface area (Å²) in [4.78, 5) is 25.7. The van der Waals surface area contributed by atoms with E-state index in [1.807, 2.05) is 0 Å². The van der Waals surface area contributed by atoms with Gasteiger partial charge in [0, 0.05) is 0 Å². The summed E-state index contributed by atoms with van der Waals surface area (Å²) >= 11 is 5.12. The summed E-state index contributed by atoms with van der Waals surface area (Å²) < 4.78 is 61.6. The summed E-state index contributed by atoms with van der Waals surface area (Å²) in [5, 5.41) is -0.772. The van der Waals surface area contributed by atoms with Crippen molar-refractivity contribution >= 4 is 44.9 Å². The molecule has 3 aromatic rings. The highest BCUT2D eigenvalue weighted by atomic mass is 32.2. The van der Waals surface area contributed by atoms with Crippen molar-refractivity contribution in [2.75, 3.05) is 17.5 Å². The quantitative estimate of drug-likeness (QED) is 0.363. The van der Waals surface area contributed by atoms with Gasteiger partial charge in [-0.1, -0.05) is 35.9 Å². The van der Waals surface area contributed by atoms with Crippen molar-refractivity contribution in [2.24, 2.45) is 0 Å². The largest absolute Gasteiger partial charge is 0.468 e. The number of benzene rings is 3. The van der Waals surface area contributed by atoms with Gasteiger partial charge in [-0.3, -0.25) is 14.5 Å². The number of imide groups is 1. The van der Waals surface area contributed by atoms with E-state index < -0.39 is 50.9 Å². The Labute approximate surface area is 205 Å². The van der Waals surface area contributed by atoms with Crippen molar-refractivity contribution in [3.8, 4) is 0 Å². The first-order valence-electron chi connectivity index (χ1n) is 10.3. The van der Waals surface area contributed by atoms with Crippen LogP contribution in [-0.2, 0) is 14.8 Å². The molecular weight excluding hydrogens is 498 g/mol. The number of hydrogen-bond acceptors (Lipinski definition) is 6. The number of nitrogens with zero attached hydrogens (tertiary/aromatic N) is 2. The van der Waals surface area contributed by atoms with Gasteiger partial charge in [-0.2, -0.15) is 4.31 Å². The zero-order valence-corrected chi connectivity index (χ0v) is 19.9. The Morgan fingerprint density at radius 3 is 2.00 bits per heavy atom. The minimum absolute atomic E-state index is 0.233. The van der Waals surface area contributed by atoms with Crippen LogP contribution in [-0.4, -0.2) is 43.5 Å². The molecule has 0 aromatic heterocycles. The summed E-state index contributed by atoms with van der Waals surface area (Å²) in [5.74, 6) is -3.42. The number of rotatable bonds is 6. The SMILES string of the molecule is Cc1ccc(S(=O)(=O)N(C(=S)OCCN2C(=O)c3ccccc3C2=O)c2c(F)cccc2F)cc1. The van der Waals surface area contributed by atoms with E-state index in [9.17, 15) is 26.8 Å². The highest BCUT2D eigenvalue weighted by Gasteiger charge is 2.36. The molecule has 11 heteroatoms. The van der Waals surface area contributed by atoms with Crippen LogP contribution in [0.25, 0.3) is 0 Å². The third kappa shape index (κ3) is 4.52. The van der Waals surface area contributed by atoms with E-state index in [-0.39, 0.29) is 26.9 Å². The fraction of sp³-hybridized carbons (Fsp3) is 0.125. The van der Waals surface area contributed by atoms with Crippen molar-refractivity contribution in [1.29, 1.82) is 0 Å². The number of para-hydroxylation sites is 1. The maximum absolute atomic E-state index is 14.6. The summed E-state index contributed by atoms with van der Waals surface area (Å²) in [7, 11) is -4.59. The van der Waals surface area contributed by atoms with Gasteiger partial charge in [-0.05, 0) is 55.5 Å². The average molecular weight is 517 g/mol. The van der Waals surface area contributed by atoms with Gasteiger partial charge >= 0.3 is 0 Å². The molecule has 1 aliphatic heterocycles. The second kappa shape index (κ2) is 9.51. The average Bonchev–Trinajstić information content (AvgIpc) is 3.06. The van der Waals surface area contributed by atoms with Gasteiger partial charge < -0.3 is 4.74 Å². The lowest BCUT2D eigenvalue weighted by molar-refractivity contribution is 0.0628. The number of amides is 2.